The Bertz CT molecular complexity index is 968. The fourth-order valence-corrected chi connectivity index (χ4v) is 5.26. The summed E-state index contributed by atoms with van der Waals surface area (Å²) in [6.07, 6.45) is 2.98. The molecule has 1 N–H and O–H groups in total. The van der Waals surface area contributed by atoms with Crippen LogP contribution >= 0.6 is 0 Å². The van der Waals surface area contributed by atoms with Crippen molar-refractivity contribution in [3.8, 4) is 16.9 Å². The third kappa shape index (κ3) is 3.39. The number of rotatable bonds is 5. The van der Waals surface area contributed by atoms with Crippen molar-refractivity contribution in [2.75, 3.05) is 26.8 Å². The topological polar surface area (TPSA) is 70.1 Å². The Balaban J connectivity index is 1.35. The average Bonchev–Trinajstić information content (AvgIpc) is 2.74. The SMILES string of the molecule is COc1ccc(-c2ccc([C@H]3[C@H]4CN(C(=O)C5CCC5)CC(=O)N4[C@H]3CO)cc2)cc1. The van der Waals surface area contributed by atoms with E-state index in [0.717, 1.165) is 41.7 Å². The normalized spacial score (nSPS) is 25.5. The second-order valence-corrected chi connectivity index (χ2v) is 8.84. The Morgan fingerprint density at radius 1 is 1.06 bits per heavy atom. The van der Waals surface area contributed by atoms with Crippen LogP contribution in [0.3, 0.4) is 0 Å². The molecule has 3 fully saturated rings. The monoisotopic (exact) mass is 420 g/mol. The molecule has 0 radical (unpaired) electrons. The van der Waals surface area contributed by atoms with Crippen LogP contribution in [0.25, 0.3) is 11.1 Å². The Morgan fingerprint density at radius 2 is 1.71 bits per heavy atom. The molecule has 2 heterocycles. The van der Waals surface area contributed by atoms with Crippen molar-refractivity contribution in [1.82, 2.24) is 9.80 Å². The molecule has 2 aromatic rings. The van der Waals surface area contributed by atoms with Gasteiger partial charge in [-0.15, -0.1) is 0 Å². The third-order valence-corrected chi connectivity index (χ3v) is 7.24. The first kappa shape index (κ1) is 20.1. The van der Waals surface area contributed by atoms with Gasteiger partial charge in [-0.2, -0.15) is 0 Å². The molecule has 0 spiro atoms. The molecule has 5 rings (SSSR count). The van der Waals surface area contributed by atoms with Crippen molar-refractivity contribution in [3.63, 3.8) is 0 Å². The standard InChI is InChI=1S/C25H28N2O4/c1-31-20-11-9-17(10-12-20)16-5-7-18(8-6-16)24-21-13-26(25(30)19-3-2-4-19)14-23(29)27(21)22(24)15-28/h5-12,19,21-22,24,28H,2-4,13-15H2,1H3/t21-,22+,24+/m1/s1. The van der Waals surface area contributed by atoms with Crippen LogP contribution < -0.4 is 4.74 Å². The molecule has 1 aliphatic carbocycles. The van der Waals surface area contributed by atoms with Gasteiger partial charge in [-0.05, 0) is 41.7 Å². The van der Waals surface area contributed by atoms with Crippen LogP contribution in [0.1, 0.15) is 30.7 Å². The first-order valence-electron chi connectivity index (χ1n) is 11.1. The van der Waals surface area contributed by atoms with E-state index in [4.69, 9.17) is 4.74 Å². The molecule has 162 valence electrons. The van der Waals surface area contributed by atoms with Gasteiger partial charge >= 0.3 is 0 Å². The number of hydrogen-bond acceptors (Lipinski definition) is 4. The van der Waals surface area contributed by atoms with Crippen molar-refractivity contribution >= 4 is 11.8 Å². The summed E-state index contributed by atoms with van der Waals surface area (Å²) in [5.41, 5.74) is 3.30. The van der Waals surface area contributed by atoms with Gasteiger partial charge in [0.05, 0.1) is 32.3 Å². The summed E-state index contributed by atoms with van der Waals surface area (Å²) in [5, 5.41) is 9.98. The molecule has 6 nitrogen and oxygen atoms in total. The van der Waals surface area contributed by atoms with Crippen LogP contribution in [0.15, 0.2) is 48.5 Å². The van der Waals surface area contributed by atoms with Gasteiger partial charge < -0.3 is 19.6 Å². The van der Waals surface area contributed by atoms with Gasteiger partial charge in [0.1, 0.15) is 5.75 Å². The van der Waals surface area contributed by atoms with Gasteiger partial charge in [0.15, 0.2) is 0 Å². The van der Waals surface area contributed by atoms with Crippen molar-refractivity contribution in [2.45, 2.75) is 37.3 Å². The number of aliphatic hydroxyl groups excluding tert-OH is 1. The smallest absolute Gasteiger partial charge is 0.242 e. The van der Waals surface area contributed by atoms with Gasteiger partial charge in [0, 0.05) is 18.4 Å². The third-order valence-electron chi connectivity index (χ3n) is 7.24. The van der Waals surface area contributed by atoms with Crippen LogP contribution in [0.2, 0.25) is 0 Å². The molecular weight excluding hydrogens is 392 g/mol. The van der Waals surface area contributed by atoms with Gasteiger partial charge in [-0.1, -0.05) is 42.8 Å². The van der Waals surface area contributed by atoms with Crippen LogP contribution in [-0.4, -0.2) is 65.6 Å². The van der Waals surface area contributed by atoms with E-state index in [9.17, 15) is 14.7 Å². The van der Waals surface area contributed by atoms with Crippen LogP contribution in [0.5, 0.6) is 5.75 Å². The maximum Gasteiger partial charge on any atom is 0.242 e. The second-order valence-electron chi connectivity index (χ2n) is 8.84. The lowest BCUT2D eigenvalue weighted by atomic mass is 9.73. The van der Waals surface area contributed by atoms with Crippen LogP contribution in [0.4, 0.5) is 0 Å². The first-order chi connectivity index (χ1) is 15.1. The largest absolute Gasteiger partial charge is 0.497 e. The molecule has 3 aliphatic rings. The summed E-state index contributed by atoms with van der Waals surface area (Å²) < 4.78 is 5.23. The van der Waals surface area contributed by atoms with Crippen molar-refractivity contribution < 1.29 is 19.4 Å². The molecule has 1 saturated carbocycles. The number of fused-ring (bicyclic) bond motifs is 1. The minimum atomic E-state index is -0.217. The Kier molecular flexibility index (Phi) is 5.18. The highest BCUT2D eigenvalue weighted by molar-refractivity contribution is 5.89. The Hall–Kier alpha value is -2.86. The highest BCUT2D eigenvalue weighted by atomic mass is 16.5. The molecule has 0 aromatic heterocycles. The minimum Gasteiger partial charge on any atom is -0.497 e. The maximum absolute atomic E-state index is 12.7. The molecule has 31 heavy (non-hydrogen) atoms. The van der Waals surface area contributed by atoms with E-state index in [2.05, 4.69) is 24.3 Å². The van der Waals surface area contributed by atoms with Gasteiger partial charge in [0.2, 0.25) is 11.8 Å². The Morgan fingerprint density at radius 3 is 2.26 bits per heavy atom. The summed E-state index contributed by atoms with van der Waals surface area (Å²) >= 11 is 0. The number of piperazine rings is 1. The molecular formula is C25H28N2O4. The van der Waals surface area contributed by atoms with E-state index >= 15 is 0 Å². The van der Waals surface area contributed by atoms with E-state index in [-0.39, 0.29) is 48.9 Å². The van der Waals surface area contributed by atoms with Gasteiger partial charge in [-0.3, -0.25) is 9.59 Å². The van der Waals surface area contributed by atoms with E-state index in [1.165, 1.54) is 0 Å². The number of benzene rings is 2. The minimum absolute atomic E-state index is 0.0378. The lowest BCUT2D eigenvalue weighted by Crippen LogP contribution is -2.73. The van der Waals surface area contributed by atoms with Crippen molar-refractivity contribution in [1.29, 1.82) is 0 Å². The van der Waals surface area contributed by atoms with E-state index in [0.29, 0.717) is 6.54 Å². The van der Waals surface area contributed by atoms with Gasteiger partial charge in [0.25, 0.3) is 0 Å². The molecule has 2 aliphatic heterocycles. The lowest BCUT2D eigenvalue weighted by Gasteiger charge is -2.59. The number of ether oxygens (including phenoxy) is 1. The number of carbonyl (C=O) groups is 2. The highest BCUT2D eigenvalue weighted by Gasteiger charge is 2.54. The zero-order chi connectivity index (χ0) is 21.5. The number of nitrogens with zero attached hydrogens (tertiary/aromatic N) is 2. The highest BCUT2D eigenvalue weighted by Crippen LogP contribution is 2.44. The quantitative estimate of drug-likeness (QED) is 0.808. The van der Waals surface area contributed by atoms with Gasteiger partial charge in [-0.25, -0.2) is 0 Å². The first-order valence-corrected chi connectivity index (χ1v) is 11.1. The summed E-state index contributed by atoms with van der Waals surface area (Å²) in [6.45, 7) is 0.637. The van der Waals surface area contributed by atoms with Crippen LogP contribution in [-0.2, 0) is 9.59 Å². The zero-order valence-electron chi connectivity index (χ0n) is 17.7. The van der Waals surface area contributed by atoms with E-state index < -0.39 is 0 Å². The predicted molar refractivity (Wildman–Crippen MR) is 117 cm³/mol. The Labute approximate surface area is 182 Å². The molecule has 6 heteroatoms. The fourth-order valence-electron chi connectivity index (χ4n) is 5.26. The second kappa shape index (κ2) is 8.00. The van der Waals surface area contributed by atoms with Crippen molar-refractivity contribution in [2.24, 2.45) is 5.92 Å². The zero-order valence-corrected chi connectivity index (χ0v) is 17.7. The van der Waals surface area contributed by atoms with E-state index in [1.54, 1.807) is 16.9 Å². The number of amides is 2. The summed E-state index contributed by atoms with van der Waals surface area (Å²) in [4.78, 5) is 29.0. The molecule has 3 atom stereocenters. The number of carbonyl (C=O) groups excluding carboxylic acids is 2. The fraction of sp³-hybridized carbons (Fsp3) is 0.440. The summed E-state index contributed by atoms with van der Waals surface area (Å²) in [6, 6.07) is 16.0. The number of aliphatic hydroxyl groups is 1. The average molecular weight is 421 g/mol. The lowest BCUT2D eigenvalue weighted by molar-refractivity contribution is -0.169. The predicted octanol–water partition coefficient (Wildman–Crippen LogP) is 2.66. The van der Waals surface area contributed by atoms with E-state index in [1.807, 2.05) is 24.3 Å². The summed E-state index contributed by atoms with van der Waals surface area (Å²) in [7, 11) is 1.65. The molecule has 0 unspecified atom stereocenters. The molecule has 0 bridgehead atoms. The maximum atomic E-state index is 12.7. The molecule has 2 saturated heterocycles. The molecule has 2 amide bonds. The number of hydrogen-bond donors (Lipinski definition) is 1. The molecule has 2 aromatic carbocycles. The van der Waals surface area contributed by atoms with Crippen LogP contribution in [0, 0.1) is 5.92 Å². The summed E-state index contributed by atoms with van der Waals surface area (Å²) in [5.74, 6) is 1.03. The number of methoxy groups -OCH3 is 1. The van der Waals surface area contributed by atoms with Crippen molar-refractivity contribution in [3.05, 3.63) is 54.1 Å².